The second kappa shape index (κ2) is 8.09. The lowest BCUT2D eigenvalue weighted by molar-refractivity contribution is -0.121. The first kappa shape index (κ1) is 14.0. The molecule has 1 rings (SSSR count). The van der Waals surface area contributed by atoms with Crippen molar-refractivity contribution < 1.29 is 4.79 Å². The number of nitrogens with one attached hydrogen (secondary N) is 1. The SMILES string of the molecule is NCCCCCC(=O)NCc1ccc(Cl)cc1. The summed E-state index contributed by atoms with van der Waals surface area (Å²) < 4.78 is 0. The van der Waals surface area contributed by atoms with Crippen molar-refractivity contribution in [2.75, 3.05) is 6.54 Å². The summed E-state index contributed by atoms with van der Waals surface area (Å²) in [5, 5.41) is 3.59. The molecule has 0 saturated heterocycles. The van der Waals surface area contributed by atoms with E-state index >= 15 is 0 Å². The zero-order valence-corrected chi connectivity index (χ0v) is 10.7. The van der Waals surface area contributed by atoms with Crippen molar-refractivity contribution >= 4 is 17.5 Å². The van der Waals surface area contributed by atoms with Gasteiger partial charge in [-0.05, 0) is 37.1 Å². The van der Waals surface area contributed by atoms with E-state index in [4.69, 9.17) is 17.3 Å². The van der Waals surface area contributed by atoms with Crippen LogP contribution in [0.4, 0.5) is 0 Å². The number of unbranched alkanes of at least 4 members (excludes halogenated alkanes) is 2. The molecule has 17 heavy (non-hydrogen) atoms. The average molecular weight is 255 g/mol. The zero-order chi connectivity index (χ0) is 12.5. The zero-order valence-electron chi connectivity index (χ0n) is 9.92. The molecule has 1 aromatic rings. The first-order chi connectivity index (χ1) is 8.22. The third kappa shape index (κ3) is 6.29. The molecule has 1 aromatic carbocycles. The number of benzene rings is 1. The minimum atomic E-state index is 0.0944. The second-order valence-corrected chi connectivity index (χ2v) is 4.44. The second-order valence-electron chi connectivity index (χ2n) is 4.00. The van der Waals surface area contributed by atoms with E-state index in [1.807, 2.05) is 24.3 Å². The molecule has 0 aliphatic rings. The Hall–Kier alpha value is -1.06. The number of carbonyl (C=O) groups is 1. The Morgan fingerprint density at radius 1 is 1.18 bits per heavy atom. The summed E-state index contributed by atoms with van der Waals surface area (Å²) >= 11 is 5.78. The van der Waals surface area contributed by atoms with Gasteiger partial charge in [-0.25, -0.2) is 0 Å². The van der Waals surface area contributed by atoms with Crippen molar-refractivity contribution in [1.82, 2.24) is 5.32 Å². The fraction of sp³-hybridized carbons (Fsp3) is 0.462. The van der Waals surface area contributed by atoms with Crippen LogP contribution in [-0.4, -0.2) is 12.5 Å². The third-order valence-electron chi connectivity index (χ3n) is 2.51. The Labute approximate surface area is 107 Å². The summed E-state index contributed by atoms with van der Waals surface area (Å²) in [5.74, 6) is 0.0944. The molecule has 0 fully saturated rings. The lowest BCUT2D eigenvalue weighted by Crippen LogP contribution is -2.22. The Kier molecular flexibility index (Phi) is 6.67. The van der Waals surface area contributed by atoms with Crippen LogP contribution < -0.4 is 11.1 Å². The predicted molar refractivity (Wildman–Crippen MR) is 70.8 cm³/mol. The Balaban J connectivity index is 2.17. The van der Waals surface area contributed by atoms with E-state index in [0.29, 0.717) is 24.5 Å². The molecule has 0 aromatic heterocycles. The van der Waals surface area contributed by atoms with E-state index in [1.165, 1.54) is 0 Å². The molecule has 3 N–H and O–H groups in total. The van der Waals surface area contributed by atoms with Crippen molar-refractivity contribution in [3.05, 3.63) is 34.9 Å². The molecule has 0 atom stereocenters. The molecule has 0 heterocycles. The van der Waals surface area contributed by atoms with Gasteiger partial charge in [0.2, 0.25) is 5.91 Å². The van der Waals surface area contributed by atoms with Crippen LogP contribution in [0.15, 0.2) is 24.3 Å². The quantitative estimate of drug-likeness (QED) is 0.735. The van der Waals surface area contributed by atoms with Crippen molar-refractivity contribution in [2.45, 2.75) is 32.2 Å². The molecule has 0 bridgehead atoms. The minimum Gasteiger partial charge on any atom is -0.352 e. The van der Waals surface area contributed by atoms with Gasteiger partial charge < -0.3 is 11.1 Å². The van der Waals surface area contributed by atoms with E-state index in [-0.39, 0.29) is 5.91 Å². The van der Waals surface area contributed by atoms with Gasteiger partial charge in [-0.15, -0.1) is 0 Å². The van der Waals surface area contributed by atoms with E-state index in [1.54, 1.807) is 0 Å². The molecule has 0 spiro atoms. The van der Waals surface area contributed by atoms with Crippen molar-refractivity contribution in [3.8, 4) is 0 Å². The fourth-order valence-electron chi connectivity index (χ4n) is 1.50. The topological polar surface area (TPSA) is 55.1 Å². The summed E-state index contributed by atoms with van der Waals surface area (Å²) in [4.78, 5) is 11.5. The van der Waals surface area contributed by atoms with E-state index in [2.05, 4.69) is 5.32 Å². The summed E-state index contributed by atoms with van der Waals surface area (Å²) in [6, 6.07) is 7.47. The summed E-state index contributed by atoms with van der Waals surface area (Å²) in [7, 11) is 0. The number of hydrogen-bond acceptors (Lipinski definition) is 2. The van der Waals surface area contributed by atoms with E-state index < -0.39 is 0 Å². The number of carbonyl (C=O) groups excluding carboxylic acids is 1. The standard InChI is InChI=1S/C13H19ClN2O/c14-12-7-5-11(6-8-12)10-16-13(17)4-2-1-3-9-15/h5-8H,1-4,9-10,15H2,(H,16,17). The molecule has 1 amide bonds. The Morgan fingerprint density at radius 3 is 2.53 bits per heavy atom. The molecule has 94 valence electrons. The van der Waals surface area contributed by atoms with Gasteiger partial charge >= 0.3 is 0 Å². The highest BCUT2D eigenvalue weighted by atomic mass is 35.5. The van der Waals surface area contributed by atoms with Crippen LogP contribution in [0.25, 0.3) is 0 Å². The highest BCUT2D eigenvalue weighted by molar-refractivity contribution is 6.30. The van der Waals surface area contributed by atoms with Gasteiger partial charge in [-0.2, -0.15) is 0 Å². The van der Waals surface area contributed by atoms with Crippen LogP contribution in [0.1, 0.15) is 31.2 Å². The van der Waals surface area contributed by atoms with Crippen LogP contribution in [0.3, 0.4) is 0 Å². The molecular formula is C13H19ClN2O. The van der Waals surface area contributed by atoms with Gasteiger partial charge in [-0.3, -0.25) is 4.79 Å². The monoisotopic (exact) mass is 254 g/mol. The van der Waals surface area contributed by atoms with Crippen LogP contribution >= 0.6 is 11.6 Å². The van der Waals surface area contributed by atoms with E-state index in [9.17, 15) is 4.79 Å². The first-order valence-corrected chi connectivity index (χ1v) is 6.31. The number of amides is 1. The molecule has 4 heteroatoms. The van der Waals surface area contributed by atoms with Crippen LogP contribution in [0.5, 0.6) is 0 Å². The largest absolute Gasteiger partial charge is 0.352 e. The number of halogens is 1. The molecule has 0 unspecified atom stereocenters. The van der Waals surface area contributed by atoms with Gasteiger partial charge in [0.1, 0.15) is 0 Å². The molecule has 0 aliphatic carbocycles. The number of nitrogens with two attached hydrogens (primary N) is 1. The maximum atomic E-state index is 11.5. The van der Waals surface area contributed by atoms with Gasteiger partial charge in [0.15, 0.2) is 0 Å². The highest BCUT2D eigenvalue weighted by Gasteiger charge is 2.00. The average Bonchev–Trinajstić information content (AvgIpc) is 2.34. The lowest BCUT2D eigenvalue weighted by atomic mass is 10.2. The van der Waals surface area contributed by atoms with Crippen LogP contribution in [-0.2, 0) is 11.3 Å². The van der Waals surface area contributed by atoms with Crippen molar-refractivity contribution in [1.29, 1.82) is 0 Å². The maximum absolute atomic E-state index is 11.5. The third-order valence-corrected chi connectivity index (χ3v) is 2.76. The molecule has 3 nitrogen and oxygen atoms in total. The summed E-state index contributed by atoms with van der Waals surface area (Å²) in [5.41, 5.74) is 6.44. The minimum absolute atomic E-state index is 0.0944. The van der Waals surface area contributed by atoms with Crippen LogP contribution in [0, 0.1) is 0 Å². The Bertz CT molecular complexity index is 338. The first-order valence-electron chi connectivity index (χ1n) is 5.93. The van der Waals surface area contributed by atoms with E-state index in [0.717, 1.165) is 24.8 Å². The molecule has 0 radical (unpaired) electrons. The smallest absolute Gasteiger partial charge is 0.220 e. The molecular weight excluding hydrogens is 236 g/mol. The molecule has 0 saturated carbocycles. The van der Waals surface area contributed by atoms with Crippen LogP contribution in [0.2, 0.25) is 5.02 Å². The maximum Gasteiger partial charge on any atom is 0.220 e. The summed E-state index contributed by atoms with van der Waals surface area (Å²) in [6.07, 6.45) is 3.49. The number of hydrogen-bond donors (Lipinski definition) is 2. The Morgan fingerprint density at radius 2 is 1.88 bits per heavy atom. The van der Waals surface area contributed by atoms with Gasteiger partial charge in [0.25, 0.3) is 0 Å². The molecule has 0 aliphatic heterocycles. The number of rotatable bonds is 7. The van der Waals surface area contributed by atoms with Gasteiger partial charge in [-0.1, -0.05) is 30.2 Å². The lowest BCUT2D eigenvalue weighted by Gasteiger charge is -2.05. The normalized spacial score (nSPS) is 10.2. The van der Waals surface area contributed by atoms with Crippen molar-refractivity contribution in [2.24, 2.45) is 5.73 Å². The highest BCUT2D eigenvalue weighted by Crippen LogP contribution is 2.09. The predicted octanol–water partition coefficient (Wildman–Crippen LogP) is 2.48. The summed E-state index contributed by atoms with van der Waals surface area (Å²) in [6.45, 7) is 1.26. The van der Waals surface area contributed by atoms with Crippen molar-refractivity contribution in [3.63, 3.8) is 0 Å². The van der Waals surface area contributed by atoms with Gasteiger partial charge in [0, 0.05) is 18.0 Å². The fourth-order valence-corrected chi connectivity index (χ4v) is 1.62. The van der Waals surface area contributed by atoms with Gasteiger partial charge in [0.05, 0.1) is 0 Å².